The smallest absolute Gasteiger partial charge is 0.227 e. The van der Waals surface area contributed by atoms with Crippen molar-refractivity contribution >= 4 is 5.91 Å². The highest BCUT2D eigenvalue weighted by molar-refractivity contribution is 5.79. The van der Waals surface area contributed by atoms with Crippen molar-refractivity contribution in [3.05, 3.63) is 48.3 Å². The molecular formula is C17H21N3O3. The Balaban J connectivity index is 1.66. The van der Waals surface area contributed by atoms with Crippen LogP contribution in [0.1, 0.15) is 12.0 Å². The molecule has 0 bridgehead atoms. The van der Waals surface area contributed by atoms with Crippen LogP contribution in [0.3, 0.4) is 0 Å². The minimum absolute atomic E-state index is 0.0123. The Hall–Kier alpha value is -2.18. The number of hydrogen-bond acceptors (Lipinski definition) is 4. The van der Waals surface area contributed by atoms with Crippen LogP contribution in [-0.2, 0) is 16.0 Å². The number of likely N-dealkylation sites (tertiary alicyclic amines) is 1. The minimum Gasteiger partial charge on any atom is -0.394 e. The van der Waals surface area contributed by atoms with Crippen LogP contribution in [0.4, 0.5) is 0 Å². The normalized spacial score (nSPS) is 20.9. The number of aliphatic hydroxyl groups excluding tert-OH is 1. The second kappa shape index (κ2) is 6.93. The van der Waals surface area contributed by atoms with Crippen LogP contribution in [0.25, 0.3) is 5.69 Å². The molecule has 6 heteroatoms. The van der Waals surface area contributed by atoms with Gasteiger partial charge in [-0.2, -0.15) is 5.10 Å². The molecule has 0 spiro atoms. The van der Waals surface area contributed by atoms with Gasteiger partial charge in [0, 0.05) is 26.0 Å². The van der Waals surface area contributed by atoms with E-state index in [1.807, 2.05) is 36.5 Å². The molecule has 122 valence electrons. The first-order valence-corrected chi connectivity index (χ1v) is 7.73. The third kappa shape index (κ3) is 3.43. The quantitative estimate of drug-likeness (QED) is 0.894. The lowest BCUT2D eigenvalue weighted by Crippen LogP contribution is -2.39. The van der Waals surface area contributed by atoms with Crippen LogP contribution in [0.5, 0.6) is 0 Å². The molecule has 1 amide bonds. The van der Waals surface area contributed by atoms with Crippen LogP contribution in [0.2, 0.25) is 0 Å². The molecule has 1 fully saturated rings. The number of nitrogens with zero attached hydrogens (tertiary/aromatic N) is 3. The molecule has 2 aromatic rings. The zero-order chi connectivity index (χ0) is 16.2. The highest BCUT2D eigenvalue weighted by atomic mass is 16.5. The number of methoxy groups -OCH3 is 1. The van der Waals surface area contributed by atoms with Crippen molar-refractivity contribution in [3.63, 3.8) is 0 Å². The standard InChI is InChI=1S/C17H21N3O3/c1-23-16-10-15(12-21)19(11-16)17(22)9-13-3-5-14(6-4-13)20-8-2-7-18-20/h2-8,15-16,21H,9-12H2,1H3/t15-,16+/m0/s1. The molecule has 1 N–H and O–H groups in total. The summed E-state index contributed by atoms with van der Waals surface area (Å²) in [4.78, 5) is 14.2. The second-order valence-corrected chi connectivity index (χ2v) is 5.77. The number of ether oxygens (including phenoxy) is 1. The summed E-state index contributed by atoms with van der Waals surface area (Å²) in [5, 5.41) is 13.6. The number of aliphatic hydroxyl groups is 1. The van der Waals surface area contributed by atoms with E-state index in [9.17, 15) is 9.90 Å². The first kappa shape index (κ1) is 15.7. The van der Waals surface area contributed by atoms with E-state index in [1.165, 1.54) is 0 Å². The molecule has 2 heterocycles. The van der Waals surface area contributed by atoms with E-state index >= 15 is 0 Å². The monoisotopic (exact) mass is 315 g/mol. The summed E-state index contributed by atoms with van der Waals surface area (Å²) < 4.78 is 7.09. The van der Waals surface area contributed by atoms with Crippen LogP contribution in [-0.4, -0.2) is 58.1 Å². The molecule has 0 saturated carbocycles. The number of rotatable bonds is 5. The lowest BCUT2D eigenvalue weighted by Gasteiger charge is -2.22. The first-order chi connectivity index (χ1) is 11.2. The predicted molar refractivity (Wildman–Crippen MR) is 85.3 cm³/mol. The van der Waals surface area contributed by atoms with Gasteiger partial charge in [0.25, 0.3) is 0 Å². The fourth-order valence-electron chi connectivity index (χ4n) is 2.99. The molecular weight excluding hydrogens is 294 g/mol. The summed E-state index contributed by atoms with van der Waals surface area (Å²) in [6, 6.07) is 9.49. The maximum atomic E-state index is 12.5. The Morgan fingerprint density at radius 1 is 1.39 bits per heavy atom. The summed E-state index contributed by atoms with van der Waals surface area (Å²) >= 11 is 0. The Bertz CT molecular complexity index is 640. The molecule has 1 aromatic heterocycles. The first-order valence-electron chi connectivity index (χ1n) is 7.73. The van der Waals surface area contributed by atoms with E-state index in [-0.39, 0.29) is 24.7 Å². The maximum Gasteiger partial charge on any atom is 0.227 e. The van der Waals surface area contributed by atoms with Crippen LogP contribution in [0, 0.1) is 0 Å². The van der Waals surface area contributed by atoms with Gasteiger partial charge in [-0.25, -0.2) is 4.68 Å². The Morgan fingerprint density at radius 3 is 2.78 bits per heavy atom. The van der Waals surface area contributed by atoms with E-state index in [0.29, 0.717) is 19.4 Å². The third-order valence-electron chi connectivity index (χ3n) is 4.30. The molecule has 0 radical (unpaired) electrons. The third-order valence-corrected chi connectivity index (χ3v) is 4.30. The zero-order valence-electron chi connectivity index (χ0n) is 13.1. The summed E-state index contributed by atoms with van der Waals surface area (Å²) in [6.45, 7) is 0.524. The van der Waals surface area contributed by atoms with Gasteiger partial charge in [-0.3, -0.25) is 4.79 Å². The van der Waals surface area contributed by atoms with Crippen molar-refractivity contribution in [1.29, 1.82) is 0 Å². The van der Waals surface area contributed by atoms with Crippen LogP contribution in [0.15, 0.2) is 42.7 Å². The minimum atomic E-state index is -0.143. The van der Waals surface area contributed by atoms with Crippen molar-refractivity contribution in [2.45, 2.75) is 25.0 Å². The number of carbonyl (C=O) groups is 1. The van der Waals surface area contributed by atoms with Gasteiger partial charge < -0.3 is 14.7 Å². The molecule has 1 aliphatic rings. The lowest BCUT2D eigenvalue weighted by atomic mass is 10.1. The number of aromatic nitrogens is 2. The average molecular weight is 315 g/mol. The summed E-state index contributed by atoms with van der Waals surface area (Å²) in [6.07, 6.45) is 4.63. The number of benzene rings is 1. The Kier molecular flexibility index (Phi) is 4.73. The van der Waals surface area contributed by atoms with E-state index < -0.39 is 0 Å². The van der Waals surface area contributed by atoms with Crippen molar-refractivity contribution in [2.24, 2.45) is 0 Å². The highest BCUT2D eigenvalue weighted by Crippen LogP contribution is 2.21. The number of amides is 1. The van der Waals surface area contributed by atoms with Gasteiger partial charge in [-0.15, -0.1) is 0 Å². The molecule has 3 rings (SSSR count). The molecule has 0 aliphatic carbocycles. The average Bonchev–Trinajstić information content (AvgIpc) is 3.25. The van der Waals surface area contributed by atoms with E-state index in [1.54, 1.807) is 22.9 Å². The topological polar surface area (TPSA) is 67.6 Å². The molecule has 0 unspecified atom stereocenters. The van der Waals surface area contributed by atoms with E-state index in [4.69, 9.17) is 4.74 Å². The summed E-state index contributed by atoms with van der Waals surface area (Å²) in [5.74, 6) is 0.0236. The summed E-state index contributed by atoms with van der Waals surface area (Å²) in [5.41, 5.74) is 1.91. The molecule has 6 nitrogen and oxygen atoms in total. The molecule has 2 atom stereocenters. The van der Waals surface area contributed by atoms with Crippen LogP contribution >= 0.6 is 0 Å². The molecule has 1 saturated heterocycles. The second-order valence-electron chi connectivity index (χ2n) is 5.77. The fourth-order valence-corrected chi connectivity index (χ4v) is 2.99. The van der Waals surface area contributed by atoms with Gasteiger partial charge in [0.15, 0.2) is 0 Å². The molecule has 1 aliphatic heterocycles. The molecule has 1 aromatic carbocycles. The molecule has 23 heavy (non-hydrogen) atoms. The SMILES string of the molecule is CO[C@@H]1C[C@@H](CO)N(C(=O)Cc2ccc(-n3cccn3)cc2)C1. The van der Waals surface area contributed by atoms with Crippen LogP contribution < -0.4 is 0 Å². The van der Waals surface area contributed by atoms with Gasteiger partial charge >= 0.3 is 0 Å². The number of carbonyl (C=O) groups excluding carboxylic acids is 1. The van der Waals surface area contributed by atoms with Gasteiger partial charge in [0.05, 0.1) is 30.9 Å². The van der Waals surface area contributed by atoms with Crippen molar-refractivity contribution < 1.29 is 14.6 Å². The van der Waals surface area contributed by atoms with Crippen molar-refractivity contribution in [1.82, 2.24) is 14.7 Å². The summed E-state index contributed by atoms with van der Waals surface area (Å²) in [7, 11) is 1.64. The van der Waals surface area contributed by atoms with Crippen molar-refractivity contribution in [3.8, 4) is 5.69 Å². The highest BCUT2D eigenvalue weighted by Gasteiger charge is 2.34. The fraction of sp³-hybridized carbons (Fsp3) is 0.412. The van der Waals surface area contributed by atoms with E-state index in [2.05, 4.69) is 5.10 Å². The Labute approximate surface area is 135 Å². The van der Waals surface area contributed by atoms with Gasteiger partial charge in [0.1, 0.15) is 0 Å². The lowest BCUT2D eigenvalue weighted by molar-refractivity contribution is -0.132. The zero-order valence-corrected chi connectivity index (χ0v) is 13.1. The maximum absolute atomic E-state index is 12.5. The number of hydrogen-bond donors (Lipinski definition) is 1. The largest absolute Gasteiger partial charge is 0.394 e. The van der Waals surface area contributed by atoms with Gasteiger partial charge in [-0.05, 0) is 30.2 Å². The van der Waals surface area contributed by atoms with Gasteiger partial charge in [-0.1, -0.05) is 12.1 Å². The Morgan fingerprint density at radius 2 is 2.17 bits per heavy atom. The predicted octanol–water partition coefficient (Wildman–Crippen LogP) is 1.02. The van der Waals surface area contributed by atoms with Crippen molar-refractivity contribution in [2.75, 3.05) is 20.3 Å². The van der Waals surface area contributed by atoms with E-state index in [0.717, 1.165) is 11.3 Å². The van der Waals surface area contributed by atoms with Gasteiger partial charge in [0.2, 0.25) is 5.91 Å².